The van der Waals surface area contributed by atoms with Crippen LogP contribution in [0.3, 0.4) is 0 Å². The standard InChI is InChI=1S/C26H36O5/c1-3-28-20-30-25-17-24(18-26(19-25)31-21-29-4-2)14-13-23-12-9-11-22(16-23)10-7-5-6-8-15-27/h9,11-14,16-19,27H,3-8,10,15,20-21H2,1-2H3/b14-13+. The predicted molar refractivity (Wildman–Crippen MR) is 125 cm³/mol. The van der Waals surface area contributed by atoms with Gasteiger partial charge in [0.25, 0.3) is 0 Å². The third kappa shape index (κ3) is 10.5. The first-order valence-corrected chi connectivity index (χ1v) is 11.2. The molecule has 0 aliphatic rings. The number of hydrogen-bond donors (Lipinski definition) is 1. The van der Waals surface area contributed by atoms with Crippen molar-refractivity contribution < 1.29 is 24.1 Å². The fourth-order valence-corrected chi connectivity index (χ4v) is 3.08. The second-order valence-corrected chi connectivity index (χ2v) is 7.21. The molecule has 0 spiro atoms. The van der Waals surface area contributed by atoms with Crippen LogP contribution in [0.1, 0.15) is 56.2 Å². The molecule has 5 nitrogen and oxygen atoms in total. The van der Waals surface area contributed by atoms with Crippen LogP contribution in [0.15, 0.2) is 42.5 Å². The molecule has 0 aromatic heterocycles. The highest BCUT2D eigenvalue weighted by Crippen LogP contribution is 2.25. The van der Waals surface area contributed by atoms with Crippen molar-refractivity contribution in [2.24, 2.45) is 0 Å². The molecule has 0 bridgehead atoms. The van der Waals surface area contributed by atoms with Crippen LogP contribution >= 0.6 is 0 Å². The van der Waals surface area contributed by atoms with E-state index in [0.717, 1.165) is 43.2 Å². The summed E-state index contributed by atoms with van der Waals surface area (Å²) in [4.78, 5) is 0. The van der Waals surface area contributed by atoms with Gasteiger partial charge in [0.2, 0.25) is 0 Å². The number of aryl methyl sites for hydroxylation is 1. The van der Waals surface area contributed by atoms with Gasteiger partial charge in [-0.25, -0.2) is 0 Å². The van der Waals surface area contributed by atoms with Gasteiger partial charge >= 0.3 is 0 Å². The summed E-state index contributed by atoms with van der Waals surface area (Å²) in [5, 5.41) is 8.88. The molecule has 5 heteroatoms. The molecule has 0 saturated heterocycles. The van der Waals surface area contributed by atoms with E-state index in [1.54, 1.807) is 0 Å². The molecule has 0 heterocycles. The average Bonchev–Trinajstić information content (AvgIpc) is 2.78. The van der Waals surface area contributed by atoms with Crippen molar-refractivity contribution in [1.82, 2.24) is 0 Å². The molecule has 2 aromatic carbocycles. The summed E-state index contributed by atoms with van der Waals surface area (Å²) in [5.74, 6) is 1.39. The minimum Gasteiger partial charge on any atom is -0.467 e. The Morgan fingerprint density at radius 1 is 0.742 bits per heavy atom. The van der Waals surface area contributed by atoms with E-state index < -0.39 is 0 Å². The lowest BCUT2D eigenvalue weighted by Crippen LogP contribution is -2.04. The molecule has 170 valence electrons. The summed E-state index contributed by atoms with van der Waals surface area (Å²) >= 11 is 0. The third-order valence-electron chi connectivity index (χ3n) is 4.72. The largest absolute Gasteiger partial charge is 0.467 e. The number of benzene rings is 2. The van der Waals surface area contributed by atoms with Crippen LogP contribution in [-0.4, -0.2) is 38.5 Å². The van der Waals surface area contributed by atoms with E-state index in [2.05, 4.69) is 36.4 Å². The summed E-state index contributed by atoms with van der Waals surface area (Å²) < 4.78 is 22.0. The van der Waals surface area contributed by atoms with Gasteiger partial charge in [-0.1, -0.05) is 49.3 Å². The Morgan fingerprint density at radius 2 is 1.39 bits per heavy atom. The Labute approximate surface area is 186 Å². The van der Waals surface area contributed by atoms with Gasteiger partial charge in [-0.15, -0.1) is 0 Å². The van der Waals surface area contributed by atoms with E-state index in [-0.39, 0.29) is 20.2 Å². The maximum Gasteiger partial charge on any atom is 0.189 e. The summed E-state index contributed by atoms with van der Waals surface area (Å²) in [6.45, 7) is 5.77. The number of aliphatic hydroxyl groups is 1. The highest BCUT2D eigenvalue weighted by atomic mass is 16.7. The van der Waals surface area contributed by atoms with E-state index in [9.17, 15) is 0 Å². The Balaban J connectivity index is 2.04. The molecule has 0 radical (unpaired) electrons. The maximum atomic E-state index is 8.88. The van der Waals surface area contributed by atoms with Crippen LogP contribution in [0.4, 0.5) is 0 Å². The van der Waals surface area contributed by atoms with Crippen molar-refractivity contribution >= 4 is 12.2 Å². The molecule has 0 saturated carbocycles. The molecule has 31 heavy (non-hydrogen) atoms. The SMILES string of the molecule is CCOCOc1cc(/C=C/c2cccc(CCCCCCO)c2)cc(OCOCC)c1. The lowest BCUT2D eigenvalue weighted by molar-refractivity contribution is 0.0182. The van der Waals surface area contributed by atoms with Gasteiger partial charge in [-0.3, -0.25) is 0 Å². The smallest absolute Gasteiger partial charge is 0.189 e. The van der Waals surface area contributed by atoms with Gasteiger partial charge in [0.1, 0.15) is 11.5 Å². The highest BCUT2D eigenvalue weighted by molar-refractivity contribution is 5.71. The zero-order chi connectivity index (χ0) is 22.2. The first kappa shape index (κ1) is 24.9. The van der Waals surface area contributed by atoms with Gasteiger partial charge in [0, 0.05) is 25.9 Å². The molecule has 2 rings (SSSR count). The molecular formula is C26H36O5. The fraction of sp³-hybridized carbons (Fsp3) is 0.462. The number of aliphatic hydroxyl groups excluding tert-OH is 1. The first-order valence-electron chi connectivity index (χ1n) is 11.2. The third-order valence-corrected chi connectivity index (χ3v) is 4.72. The van der Waals surface area contributed by atoms with Crippen LogP contribution in [0.2, 0.25) is 0 Å². The van der Waals surface area contributed by atoms with Crippen molar-refractivity contribution in [3.05, 3.63) is 59.2 Å². The van der Waals surface area contributed by atoms with Crippen molar-refractivity contribution in [2.45, 2.75) is 46.0 Å². The van der Waals surface area contributed by atoms with E-state index in [1.165, 1.54) is 5.56 Å². The van der Waals surface area contributed by atoms with Crippen molar-refractivity contribution in [3.8, 4) is 11.5 Å². The number of rotatable bonds is 16. The summed E-state index contributed by atoms with van der Waals surface area (Å²) in [5.41, 5.74) is 3.47. The molecule has 0 unspecified atom stereocenters. The Hall–Kier alpha value is -2.34. The summed E-state index contributed by atoms with van der Waals surface area (Å²) in [7, 11) is 0. The van der Waals surface area contributed by atoms with Crippen molar-refractivity contribution in [1.29, 1.82) is 0 Å². The lowest BCUT2D eigenvalue weighted by atomic mass is 10.0. The van der Waals surface area contributed by atoms with Gasteiger partial charge in [-0.05, 0) is 61.9 Å². The zero-order valence-electron chi connectivity index (χ0n) is 18.8. The quantitative estimate of drug-likeness (QED) is 0.211. The topological polar surface area (TPSA) is 57.2 Å². The average molecular weight is 429 g/mol. The van der Waals surface area contributed by atoms with Crippen LogP contribution in [-0.2, 0) is 15.9 Å². The minimum absolute atomic E-state index is 0.203. The summed E-state index contributed by atoms with van der Waals surface area (Å²) in [6.07, 6.45) is 9.50. The van der Waals surface area contributed by atoms with E-state index in [1.807, 2.05) is 32.0 Å². The number of unbranched alkanes of at least 4 members (excludes halogenated alkanes) is 3. The van der Waals surface area contributed by atoms with Crippen LogP contribution < -0.4 is 9.47 Å². The Morgan fingerprint density at radius 3 is 2.03 bits per heavy atom. The van der Waals surface area contributed by atoms with Crippen molar-refractivity contribution in [2.75, 3.05) is 33.4 Å². The molecular weight excluding hydrogens is 392 g/mol. The van der Waals surface area contributed by atoms with Gasteiger partial charge in [-0.2, -0.15) is 0 Å². The minimum atomic E-state index is 0.203. The molecule has 0 atom stereocenters. The van der Waals surface area contributed by atoms with Gasteiger partial charge in [0.15, 0.2) is 13.6 Å². The summed E-state index contributed by atoms with van der Waals surface area (Å²) in [6, 6.07) is 14.4. The molecule has 0 aliphatic heterocycles. The van der Waals surface area contributed by atoms with Crippen LogP contribution in [0.25, 0.3) is 12.2 Å². The highest BCUT2D eigenvalue weighted by Gasteiger charge is 2.03. The number of ether oxygens (including phenoxy) is 4. The van der Waals surface area contributed by atoms with Crippen LogP contribution in [0, 0.1) is 0 Å². The second-order valence-electron chi connectivity index (χ2n) is 7.21. The normalized spacial score (nSPS) is 11.2. The Kier molecular flexibility index (Phi) is 12.4. The zero-order valence-corrected chi connectivity index (χ0v) is 18.8. The second kappa shape index (κ2) is 15.5. The Bertz CT molecular complexity index is 744. The number of hydrogen-bond acceptors (Lipinski definition) is 5. The lowest BCUT2D eigenvalue weighted by Gasteiger charge is -2.11. The van der Waals surface area contributed by atoms with Gasteiger partial charge in [0.05, 0.1) is 0 Å². The maximum absolute atomic E-state index is 8.88. The molecule has 2 aromatic rings. The predicted octanol–water partition coefficient (Wildman–Crippen LogP) is 5.70. The monoisotopic (exact) mass is 428 g/mol. The van der Waals surface area contributed by atoms with Crippen molar-refractivity contribution in [3.63, 3.8) is 0 Å². The molecule has 1 N–H and O–H groups in total. The van der Waals surface area contributed by atoms with E-state index in [0.29, 0.717) is 24.7 Å². The molecule has 0 aliphatic carbocycles. The first-order chi connectivity index (χ1) is 15.2. The fourth-order valence-electron chi connectivity index (χ4n) is 3.08. The van der Waals surface area contributed by atoms with E-state index in [4.69, 9.17) is 24.1 Å². The molecule has 0 amide bonds. The van der Waals surface area contributed by atoms with E-state index >= 15 is 0 Å². The van der Waals surface area contributed by atoms with Gasteiger partial charge < -0.3 is 24.1 Å². The van der Waals surface area contributed by atoms with Crippen LogP contribution in [0.5, 0.6) is 11.5 Å². The molecule has 0 fully saturated rings.